The molecule has 1 aromatic heterocycles. The van der Waals surface area contributed by atoms with Crippen LogP contribution in [0.5, 0.6) is 0 Å². The highest BCUT2D eigenvalue weighted by atomic mass is 79.9. The second-order valence-corrected chi connectivity index (χ2v) is 4.84. The van der Waals surface area contributed by atoms with Crippen molar-refractivity contribution in [3.8, 4) is 0 Å². The van der Waals surface area contributed by atoms with E-state index >= 15 is 0 Å². The quantitative estimate of drug-likeness (QED) is 0.784. The van der Waals surface area contributed by atoms with Gasteiger partial charge in [0.05, 0.1) is 23.9 Å². The molecule has 2 nitrogen and oxygen atoms in total. The van der Waals surface area contributed by atoms with Gasteiger partial charge in [0.25, 0.3) is 0 Å². The minimum atomic E-state index is 0.254. The molecule has 4 heteroatoms. The first-order chi connectivity index (χ1) is 7.72. The third-order valence-corrected chi connectivity index (χ3v) is 3.46. The van der Waals surface area contributed by atoms with Crippen molar-refractivity contribution in [1.82, 2.24) is 9.55 Å². The molecule has 0 fully saturated rings. The molecule has 0 aliphatic heterocycles. The van der Waals surface area contributed by atoms with Gasteiger partial charge in [0.1, 0.15) is 0 Å². The molecule has 0 saturated carbocycles. The van der Waals surface area contributed by atoms with Gasteiger partial charge in [-0.05, 0) is 24.6 Å². The van der Waals surface area contributed by atoms with Crippen molar-refractivity contribution in [3.63, 3.8) is 0 Å². The van der Waals surface area contributed by atoms with Crippen LogP contribution in [0.1, 0.15) is 24.2 Å². The van der Waals surface area contributed by atoms with Crippen LogP contribution in [0.3, 0.4) is 0 Å². The van der Waals surface area contributed by atoms with E-state index in [2.05, 4.69) is 44.5 Å². The minimum Gasteiger partial charge on any atom is -0.326 e. The maximum absolute atomic E-state index is 5.86. The summed E-state index contributed by atoms with van der Waals surface area (Å²) in [5.41, 5.74) is 2.28. The molecule has 0 bridgehead atoms. The molecule has 0 aliphatic rings. The van der Waals surface area contributed by atoms with Gasteiger partial charge in [0, 0.05) is 10.7 Å². The molecule has 0 spiro atoms. The average molecular weight is 300 g/mol. The summed E-state index contributed by atoms with van der Waals surface area (Å²) in [5, 5.41) is 0. The Morgan fingerprint density at radius 3 is 2.69 bits per heavy atom. The lowest BCUT2D eigenvalue weighted by Gasteiger charge is -2.16. The molecule has 1 atom stereocenters. The van der Waals surface area contributed by atoms with Crippen LogP contribution in [0.15, 0.2) is 41.3 Å². The lowest BCUT2D eigenvalue weighted by molar-refractivity contribution is 0.620. The van der Waals surface area contributed by atoms with Crippen LogP contribution in [-0.4, -0.2) is 9.55 Å². The van der Waals surface area contributed by atoms with E-state index in [1.165, 1.54) is 5.56 Å². The lowest BCUT2D eigenvalue weighted by atomic mass is 10.1. The first kappa shape index (κ1) is 11.7. The van der Waals surface area contributed by atoms with Crippen LogP contribution in [0, 0.1) is 0 Å². The van der Waals surface area contributed by atoms with Crippen molar-refractivity contribution < 1.29 is 0 Å². The highest BCUT2D eigenvalue weighted by Gasteiger charge is 2.10. The Balaban J connectivity index is 2.31. The van der Waals surface area contributed by atoms with Gasteiger partial charge in [-0.3, -0.25) is 0 Å². The van der Waals surface area contributed by atoms with E-state index in [1.54, 1.807) is 0 Å². The van der Waals surface area contributed by atoms with Crippen molar-refractivity contribution in [3.05, 3.63) is 52.5 Å². The molecule has 1 heterocycles. The van der Waals surface area contributed by atoms with Gasteiger partial charge >= 0.3 is 0 Å². The molecule has 0 saturated heterocycles. The van der Waals surface area contributed by atoms with Crippen molar-refractivity contribution in [2.75, 3.05) is 0 Å². The Bertz CT molecular complexity index is 464. The summed E-state index contributed by atoms with van der Waals surface area (Å²) in [6.07, 6.45) is 3.63. The fraction of sp³-hybridized carbons (Fsp3) is 0.250. The summed E-state index contributed by atoms with van der Waals surface area (Å²) in [6, 6.07) is 8.55. The van der Waals surface area contributed by atoms with Gasteiger partial charge in [-0.15, -0.1) is 11.6 Å². The molecule has 0 radical (unpaired) electrons. The number of aromatic nitrogens is 2. The van der Waals surface area contributed by atoms with Crippen molar-refractivity contribution >= 4 is 27.5 Å². The summed E-state index contributed by atoms with van der Waals surface area (Å²) in [7, 11) is 0. The fourth-order valence-electron chi connectivity index (χ4n) is 1.69. The molecule has 2 aromatic rings. The zero-order chi connectivity index (χ0) is 11.5. The second-order valence-electron chi connectivity index (χ2n) is 3.65. The number of hydrogen-bond acceptors (Lipinski definition) is 1. The maximum Gasteiger partial charge on any atom is 0.0954 e. The predicted molar refractivity (Wildman–Crippen MR) is 69.7 cm³/mol. The Labute approximate surface area is 108 Å². The molecule has 16 heavy (non-hydrogen) atoms. The monoisotopic (exact) mass is 298 g/mol. The number of imidazole rings is 1. The van der Waals surface area contributed by atoms with E-state index in [0.717, 1.165) is 10.2 Å². The van der Waals surface area contributed by atoms with E-state index in [4.69, 9.17) is 11.6 Å². The highest BCUT2D eigenvalue weighted by molar-refractivity contribution is 9.10. The van der Waals surface area contributed by atoms with Gasteiger partial charge in [-0.1, -0.05) is 28.1 Å². The molecule has 2 rings (SSSR count). The maximum atomic E-state index is 5.86. The molecule has 0 N–H and O–H groups in total. The van der Waals surface area contributed by atoms with E-state index in [0.29, 0.717) is 5.88 Å². The SMILES string of the molecule is CC(c1ccc(Br)cc1)n1cncc1CCl. The molecular weight excluding hydrogens is 288 g/mol. The number of rotatable bonds is 3. The van der Waals surface area contributed by atoms with Crippen LogP contribution >= 0.6 is 27.5 Å². The molecule has 1 aromatic carbocycles. The number of nitrogens with zero attached hydrogens (tertiary/aromatic N) is 2. The topological polar surface area (TPSA) is 17.8 Å². The number of hydrogen-bond donors (Lipinski definition) is 0. The lowest BCUT2D eigenvalue weighted by Crippen LogP contribution is -2.08. The summed E-state index contributed by atoms with van der Waals surface area (Å²) in [4.78, 5) is 4.13. The number of alkyl halides is 1. The summed E-state index contributed by atoms with van der Waals surface area (Å²) < 4.78 is 3.18. The van der Waals surface area contributed by atoms with Crippen LogP contribution in [0.25, 0.3) is 0 Å². The van der Waals surface area contributed by atoms with Crippen molar-refractivity contribution in [2.24, 2.45) is 0 Å². The van der Waals surface area contributed by atoms with E-state index in [1.807, 2.05) is 24.7 Å². The largest absolute Gasteiger partial charge is 0.326 e. The third kappa shape index (κ3) is 2.30. The standard InChI is InChI=1S/C12H12BrClN2/c1-9(10-2-4-11(13)5-3-10)16-8-15-7-12(16)6-14/h2-5,7-9H,6H2,1H3. The molecular formula is C12H12BrClN2. The van der Waals surface area contributed by atoms with Crippen molar-refractivity contribution in [2.45, 2.75) is 18.8 Å². The second kappa shape index (κ2) is 5.02. The molecule has 84 valence electrons. The smallest absolute Gasteiger partial charge is 0.0954 e. The Morgan fingerprint density at radius 2 is 2.06 bits per heavy atom. The summed E-state index contributed by atoms with van der Waals surface area (Å²) in [6.45, 7) is 2.14. The van der Waals surface area contributed by atoms with E-state index in [9.17, 15) is 0 Å². The highest BCUT2D eigenvalue weighted by Crippen LogP contribution is 2.22. The first-order valence-electron chi connectivity index (χ1n) is 5.04. The first-order valence-corrected chi connectivity index (χ1v) is 6.37. The number of halogens is 2. The van der Waals surface area contributed by atoms with E-state index in [-0.39, 0.29) is 6.04 Å². The van der Waals surface area contributed by atoms with Crippen LogP contribution in [0.4, 0.5) is 0 Å². The van der Waals surface area contributed by atoms with Crippen LogP contribution in [0.2, 0.25) is 0 Å². The molecule has 0 aliphatic carbocycles. The normalized spacial score (nSPS) is 12.7. The number of benzene rings is 1. The van der Waals surface area contributed by atoms with Gasteiger partial charge in [0.2, 0.25) is 0 Å². The fourth-order valence-corrected chi connectivity index (χ4v) is 2.16. The molecule has 0 amide bonds. The van der Waals surface area contributed by atoms with Gasteiger partial charge in [0.15, 0.2) is 0 Å². The predicted octanol–water partition coefficient (Wildman–Crippen LogP) is 3.99. The summed E-state index contributed by atoms with van der Waals surface area (Å²) >= 11 is 9.29. The van der Waals surface area contributed by atoms with Crippen LogP contribution in [-0.2, 0) is 5.88 Å². The van der Waals surface area contributed by atoms with E-state index < -0.39 is 0 Å². The Kier molecular flexibility index (Phi) is 3.66. The van der Waals surface area contributed by atoms with Crippen molar-refractivity contribution in [1.29, 1.82) is 0 Å². The van der Waals surface area contributed by atoms with Gasteiger partial charge in [-0.25, -0.2) is 4.98 Å². The molecule has 1 unspecified atom stereocenters. The zero-order valence-electron chi connectivity index (χ0n) is 8.90. The average Bonchev–Trinajstić information content (AvgIpc) is 2.77. The van der Waals surface area contributed by atoms with Gasteiger partial charge < -0.3 is 4.57 Å². The zero-order valence-corrected chi connectivity index (χ0v) is 11.2. The third-order valence-electron chi connectivity index (χ3n) is 2.65. The van der Waals surface area contributed by atoms with Gasteiger partial charge in [-0.2, -0.15) is 0 Å². The minimum absolute atomic E-state index is 0.254. The Morgan fingerprint density at radius 1 is 1.38 bits per heavy atom. The summed E-state index contributed by atoms with van der Waals surface area (Å²) in [5.74, 6) is 0.487. The Hall–Kier alpha value is -0.800. The van der Waals surface area contributed by atoms with Crippen LogP contribution < -0.4 is 0 Å².